The average molecular weight is 413 g/mol. The Morgan fingerprint density at radius 2 is 1.76 bits per heavy atom. The Kier molecular flexibility index (Phi) is 5.97. The fraction of sp³-hybridized carbons (Fsp3) is 0.250. The van der Waals surface area contributed by atoms with Crippen LogP contribution in [0.1, 0.15) is 42.9 Å². The molecule has 29 heavy (non-hydrogen) atoms. The second-order valence-electron chi connectivity index (χ2n) is 7.36. The van der Waals surface area contributed by atoms with Crippen molar-refractivity contribution in [2.75, 3.05) is 4.90 Å². The fourth-order valence-electron chi connectivity index (χ4n) is 2.77. The van der Waals surface area contributed by atoms with Gasteiger partial charge < -0.3 is 5.32 Å². The zero-order valence-electron chi connectivity index (χ0n) is 16.2. The Morgan fingerprint density at radius 3 is 2.31 bits per heavy atom. The Bertz CT molecular complexity index is 972. The molecule has 1 atom stereocenters. The van der Waals surface area contributed by atoms with Gasteiger partial charge in [-0.15, -0.1) is 5.10 Å². The molecule has 0 saturated carbocycles. The van der Waals surface area contributed by atoms with Crippen molar-refractivity contribution >= 4 is 29.0 Å². The van der Waals surface area contributed by atoms with E-state index in [0.717, 1.165) is 11.5 Å². The zero-order chi connectivity index (χ0) is 21.0. The summed E-state index contributed by atoms with van der Waals surface area (Å²) in [5.74, 6) is -1.35. The lowest BCUT2D eigenvalue weighted by Crippen LogP contribution is -2.49. The van der Waals surface area contributed by atoms with Crippen LogP contribution in [0.15, 0.2) is 54.2 Å². The van der Waals surface area contributed by atoms with Crippen LogP contribution in [0.4, 0.5) is 10.1 Å². The molecule has 2 amide bonds. The highest BCUT2D eigenvalue weighted by atomic mass is 32.1. The number of halogens is 1. The highest BCUT2D eigenvalue weighted by Gasteiger charge is 2.35. The minimum Gasteiger partial charge on any atom is -0.349 e. The number of carbonyl (C=O) groups excluding carboxylic acids is 2. The van der Waals surface area contributed by atoms with Crippen LogP contribution in [-0.2, 0) is 4.79 Å². The SMILES string of the molecule is CC(C)(C)NC(=O)[C@H](c1ccncc1)N(C(=O)c1csnn1)c1ccc(F)cc1. The first-order valence-electron chi connectivity index (χ1n) is 8.84. The maximum atomic E-state index is 13.5. The van der Waals surface area contributed by atoms with Crippen LogP contribution in [-0.4, -0.2) is 31.9 Å². The van der Waals surface area contributed by atoms with E-state index in [1.54, 1.807) is 24.5 Å². The summed E-state index contributed by atoms with van der Waals surface area (Å²) in [6.07, 6.45) is 3.09. The van der Waals surface area contributed by atoms with Gasteiger partial charge in [0.25, 0.3) is 5.91 Å². The number of amides is 2. The summed E-state index contributed by atoms with van der Waals surface area (Å²) < 4.78 is 17.3. The lowest BCUT2D eigenvalue weighted by Gasteiger charge is -2.33. The summed E-state index contributed by atoms with van der Waals surface area (Å²) in [6.45, 7) is 5.55. The number of hydrogen-bond donors (Lipinski definition) is 1. The number of carbonyl (C=O) groups is 2. The van der Waals surface area contributed by atoms with Gasteiger partial charge in [0.2, 0.25) is 5.91 Å². The minimum atomic E-state index is -1.02. The number of pyridine rings is 1. The maximum Gasteiger partial charge on any atom is 0.280 e. The van der Waals surface area contributed by atoms with Crippen LogP contribution >= 0.6 is 11.5 Å². The van der Waals surface area contributed by atoms with E-state index in [-0.39, 0.29) is 11.6 Å². The molecule has 0 unspecified atom stereocenters. The Balaban J connectivity index is 2.15. The predicted molar refractivity (Wildman–Crippen MR) is 108 cm³/mol. The van der Waals surface area contributed by atoms with Crippen molar-refractivity contribution in [1.82, 2.24) is 19.9 Å². The number of anilines is 1. The summed E-state index contributed by atoms with van der Waals surface area (Å²) in [7, 11) is 0. The minimum absolute atomic E-state index is 0.0990. The summed E-state index contributed by atoms with van der Waals surface area (Å²) in [5, 5.41) is 8.27. The molecule has 0 spiro atoms. The Hall–Kier alpha value is -3.20. The third-order valence-corrected chi connectivity index (χ3v) is 4.43. The molecule has 2 heterocycles. The number of nitrogens with zero attached hydrogens (tertiary/aromatic N) is 4. The molecule has 0 fully saturated rings. The van der Waals surface area contributed by atoms with Crippen LogP contribution in [0.5, 0.6) is 0 Å². The van der Waals surface area contributed by atoms with E-state index in [2.05, 4.69) is 19.9 Å². The second kappa shape index (κ2) is 8.44. The quantitative estimate of drug-likeness (QED) is 0.693. The van der Waals surface area contributed by atoms with Crippen LogP contribution in [0, 0.1) is 5.82 Å². The average Bonchev–Trinajstić information content (AvgIpc) is 3.20. The third kappa shape index (κ3) is 5.00. The van der Waals surface area contributed by atoms with Gasteiger partial charge in [-0.1, -0.05) is 4.49 Å². The summed E-state index contributed by atoms with van der Waals surface area (Å²) >= 11 is 1.03. The van der Waals surface area contributed by atoms with Crippen molar-refractivity contribution in [1.29, 1.82) is 0 Å². The molecular formula is C20H20FN5O2S. The van der Waals surface area contributed by atoms with Crippen LogP contribution < -0.4 is 10.2 Å². The van der Waals surface area contributed by atoms with E-state index in [0.29, 0.717) is 11.3 Å². The monoisotopic (exact) mass is 413 g/mol. The standard InChI is InChI=1S/C20H20FN5O2S/c1-20(2,3)23-18(27)17(13-8-10-22-11-9-13)26(15-6-4-14(21)5-7-15)19(28)16-12-29-25-24-16/h4-12,17H,1-3H3,(H,23,27)/t17-/m0/s1. The number of nitrogens with one attached hydrogen (secondary N) is 1. The molecule has 150 valence electrons. The van der Waals surface area contributed by atoms with Crippen LogP contribution in [0.2, 0.25) is 0 Å². The smallest absolute Gasteiger partial charge is 0.280 e. The molecule has 0 aliphatic heterocycles. The van der Waals surface area contributed by atoms with Gasteiger partial charge >= 0.3 is 0 Å². The second-order valence-corrected chi connectivity index (χ2v) is 7.97. The first-order valence-corrected chi connectivity index (χ1v) is 9.68. The summed E-state index contributed by atoms with van der Waals surface area (Å²) in [4.78, 5) is 31.9. The van der Waals surface area contributed by atoms with E-state index in [1.807, 2.05) is 20.8 Å². The van der Waals surface area contributed by atoms with Crippen LogP contribution in [0.3, 0.4) is 0 Å². The molecule has 0 radical (unpaired) electrons. The van der Waals surface area contributed by atoms with Gasteiger partial charge in [-0.05, 0) is 74.3 Å². The molecule has 2 aromatic heterocycles. The molecule has 0 saturated heterocycles. The number of benzene rings is 1. The maximum absolute atomic E-state index is 13.5. The van der Waals surface area contributed by atoms with Gasteiger partial charge in [0.05, 0.1) is 0 Å². The van der Waals surface area contributed by atoms with Gasteiger partial charge in [0, 0.05) is 29.0 Å². The van der Waals surface area contributed by atoms with E-state index < -0.39 is 23.3 Å². The van der Waals surface area contributed by atoms with E-state index >= 15 is 0 Å². The van der Waals surface area contributed by atoms with Crippen LogP contribution in [0.25, 0.3) is 0 Å². The lowest BCUT2D eigenvalue weighted by atomic mass is 10.0. The molecule has 0 bridgehead atoms. The predicted octanol–water partition coefficient (Wildman–Crippen LogP) is 3.38. The lowest BCUT2D eigenvalue weighted by molar-refractivity contribution is -0.123. The highest BCUT2D eigenvalue weighted by Crippen LogP contribution is 2.30. The molecule has 7 nitrogen and oxygen atoms in total. The number of rotatable bonds is 5. The van der Waals surface area contributed by atoms with Crippen molar-refractivity contribution in [2.24, 2.45) is 0 Å². The van der Waals surface area contributed by atoms with Crippen molar-refractivity contribution in [2.45, 2.75) is 32.4 Å². The molecule has 1 N–H and O–H groups in total. The van der Waals surface area contributed by atoms with E-state index in [1.165, 1.54) is 34.5 Å². The van der Waals surface area contributed by atoms with Gasteiger partial charge in [-0.2, -0.15) is 0 Å². The van der Waals surface area contributed by atoms with Gasteiger partial charge in [-0.3, -0.25) is 19.5 Å². The first kappa shape index (κ1) is 20.5. The van der Waals surface area contributed by atoms with Crippen molar-refractivity contribution in [3.8, 4) is 0 Å². The molecular weight excluding hydrogens is 393 g/mol. The topological polar surface area (TPSA) is 88.1 Å². The van der Waals surface area contributed by atoms with E-state index in [4.69, 9.17) is 0 Å². The third-order valence-electron chi connectivity index (χ3n) is 3.93. The normalized spacial score (nSPS) is 12.3. The molecule has 3 aromatic rings. The van der Waals surface area contributed by atoms with E-state index in [9.17, 15) is 14.0 Å². The molecule has 0 aliphatic carbocycles. The van der Waals surface area contributed by atoms with Gasteiger partial charge in [-0.25, -0.2) is 4.39 Å². The highest BCUT2D eigenvalue weighted by molar-refractivity contribution is 7.03. The Morgan fingerprint density at radius 1 is 1.10 bits per heavy atom. The molecule has 1 aromatic carbocycles. The molecule has 9 heteroatoms. The van der Waals surface area contributed by atoms with Gasteiger partial charge in [0.1, 0.15) is 11.9 Å². The zero-order valence-corrected chi connectivity index (χ0v) is 17.0. The van der Waals surface area contributed by atoms with Crippen molar-refractivity contribution < 1.29 is 14.0 Å². The summed E-state index contributed by atoms with van der Waals surface area (Å²) in [6, 6.07) is 7.68. The van der Waals surface area contributed by atoms with Crippen molar-refractivity contribution in [3.05, 3.63) is 71.2 Å². The van der Waals surface area contributed by atoms with Crippen molar-refractivity contribution in [3.63, 3.8) is 0 Å². The fourth-order valence-corrected chi connectivity index (χ4v) is 3.20. The molecule has 0 aliphatic rings. The number of hydrogen-bond acceptors (Lipinski definition) is 6. The van der Waals surface area contributed by atoms with Gasteiger partial charge in [0.15, 0.2) is 5.69 Å². The first-order chi connectivity index (χ1) is 13.8. The largest absolute Gasteiger partial charge is 0.349 e. The number of aromatic nitrogens is 3. The summed E-state index contributed by atoms with van der Waals surface area (Å²) in [5.41, 5.74) is 0.488. The Labute approximate surface area is 171 Å². The molecule has 3 rings (SSSR count).